The summed E-state index contributed by atoms with van der Waals surface area (Å²) in [5.41, 5.74) is 3.49. The topological polar surface area (TPSA) is 63.1 Å². The molecule has 0 radical (unpaired) electrons. The van der Waals surface area contributed by atoms with Crippen LogP contribution in [0, 0.1) is 0 Å². The Hall–Kier alpha value is -2.82. The van der Waals surface area contributed by atoms with Gasteiger partial charge in [0.15, 0.2) is 0 Å². The molecule has 0 fully saturated rings. The molecule has 2 amide bonds. The van der Waals surface area contributed by atoms with Gasteiger partial charge in [-0.3, -0.25) is 9.59 Å². The summed E-state index contributed by atoms with van der Waals surface area (Å²) < 4.78 is 2.15. The second-order valence-corrected chi connectivity index (χ2v) is 14.3. The molecule has 3 rings (SSSR count). The first-order chi connectivity index (χ1) is 23.6. The molecule has 48 heavy (non-hydrogen) atoms. The summed E-state index contributed by atoms with van der Waals surface area (Å²) in [6.07, 6.45) is 31.5. The number of carbonyl (C=O) groups excluding carboxylic acids is 2. The van der Waals surface area contributed by atoms with Crippen molar-refractivity contribution in [3.63, 3.8) is 0 Å². The van der Waals surface area contributed by atoms with Gasteiger partial charge in [0, 0.05) is 53.1 Å². The van der Waals surface area contributed by atoms with E-state index in [0.29, 0.717) is 24.2 Å². The van der Waals surface area contributed by atoms with Crippen molar-refractivity contribution in [2.45, 2.75) is 168 Å². The van der Waals surface area contributed by atoms with Crippen LogP contribution in [0.2, 0.25) is 0 Å². The highest BCUT2D eigenvalue weighted by Gasteiger charge is 2.14. The van der Waals surface area contributed by atoms with Crippen LogP contribution in [0.1, 0.15) is 189 Å². The smallest absolute Gasteiger partial charge is 0.251 e. The second kappa shape index (κ2) is 24.3. The van der Waals surface area contributed by atoms with Gasteiger partial charge in [-0.15, -0.1) is 0 Å². The lowest BCUT2D eigenvalue weighted by Gasteiger charge is -2.07. The molecule has 2 N–H and O–H groups in total. The van der Waals surface area contributed by atoms with Crippen LogP contribution in [0.15, 0.2) is 36.4 Å². The van der Waals surface area contributed by atoms with Crippen LogP contribution >= 0.6 is 0 Å². The summed E-state index contributed by atoms with van der Waals surface area (Å²) in [5, 5.41) is 8.29. The van der Waals surface area contributed by atoms with Gasteiger partial charge in [0.2, 0.25) is 0 Å². The van der Waals surface area contributed by atoms with Gasteiger partial charge in [-0.1, -0.05) is 155 Å². The third-order valence-electron chi connectivity index (χ3n) is 10.2. The number of rotatable bonds is 28. The average molecular weight is 660 g/mol. The molecule has 0 saturated heterocycles. The molecule has 0 aliphatic rings. The number of fused-ring (bicyclic) bond motifs is 3. The summed E-state index contributed by atoms with van der Waals surface area (Å²) >= 11 is 0. The Morgan fingerprint density at radius 1 is 0.458 bits per heavy atom. The minimum atomic E-state index is -0.0201. The van der Waals surface area contributed by atoms with E-state index in [4.69, 9.17) is 0 Å². The fourth-order valence-corrected chi connectivity index (χ4v) is 7.04. The zero-order valence-corrected chi connectivity index (χ0v) is 31.1. The molecule has 2 aromatic carbocycles. The fraction of sp³-hybridized carbons (Fsp3) is 0.674. The summed E-state index contributed by atoms with van der Waals surface area (Å²) in [4.78, 5) is 26.1. The maximum absolute atomic E-state index is 13.0. The molecule has 268 valence electrons. The molecule has 0 unspecified atom stereocenters. The van der Waals surface area contributed by atoms with Gasteiger partial charge >= 0.3 is 0 Å². The van der Waals surface area contributed by atoms with Gasteiger partial charge in [-0.2, -0.15) is 0 Å². The van der Waals surface area contributed by atoms with Crippen LogP contribution in [0.3, 0.4) is 0 Å². The van der Waals surface area contributed by atoms with Crippen molar-refractivity contribution in [1.82, 2.24) is 15.2 Å². The van der Waals surface area contributed by atoms with E-state index in [-0.39, 0.29) is 11.8 Å². The quantitative estimate of drug-likeness (QED) is 0.0762. The Kier molecular flexibility index (Phi) is 20.1. The van der Waals surface area contributed by atoms with Crippen LogP contribution in [-0.4, -0.2) is 29.5 Å². The van der Waals surface area contributed by atoms with E-state index in [1.807, 2.05) is 43.4 Å². The van der Waals surface area contributed by atoms with Crippen LogP contribution in [-0.2, 0) is 7.05 Å². The predicted molar refractivity (Wildman–Crippen MR) is 207 cm³/mol. The predicted octanol–water partition coefficient (Wildman–Crippen LogP) is 12.2. The first-order valence-corrected chi connectivity index (χ1v) is 20.2. The molecule has 0 atom stereocenters. The summed E-state index contributed by atoms with van der Waals surface area (Å²) in [5.74, 6) is -0.0402. The SMILES string of the molecule is CCCCCCCCCCCCCCNC(=O)c1ccc2c(c1)c1cc(C(=O)NCCCCCCCCCCCCCC)ccc1n2C. The molecular weight excluding hydrogens is 590 g/mol. The molecule has 5 nitrogen and oxygen atoms in total. The zero-order valence-electron chi connectivity index (χ0n) is 31.1. The number of nitrogens with one attached hydrogen (secondary N) is 2. The average Bonchev–Trinajstić information content (AvgIpc) is 3.38. The summed E-state index contributed by atoms with van der Waals surface area (Å²) in [6, 6.07) is 11.9. The highest BCUT2D eigenvalue weighted by Crippen LogP contribution is 2.30. The van der Waals surface area contributed by atoms with Gasteiger partial charge in [-0.05, 0) is 49.2 Å². The van der Waals surface area contributed by atoms with Crippen molar-refractivity contribution in [3.8, 4) is 0 Å². The number of aromatic nitrogens is 1. The van der Waals surface area contributed by atoms with Gasteiger partial charge in [0.25, 0.3) is 11.8 Å². The van der Waals surface area contributed by atoms with E-state index >= 15 is 0 Å². The molecule has 3 aromatic rings. The number of benzene rings is 2. The van der Waals surface area contributed by atoms with E-state index in [1.54, 1.807) is 0 Å². The molecule has 0 spiro atoms. The Bertz CT molecular complexity index is 1230. The Morgan fingerprint density at radius 2 is 0.750 bits per heavy atom. The third kappa shape index (κ3) is 14.3. The zero-order chi connectivity index (χ0) is 34.2. The summed E-state index contributed by atoms with van der Waals surface area (Å²) in [6.45, 7) is 5.98. The number of nitrogens with zero attached hydrogens (tertiary/aromatic N) is 1. The molecule has 5 heteroatoms. The monoisotopic (exact) mass is 660 g/mol. The van der Waals surface area contributed by atoms with Crippen molar-refractivity contribution >= 4 is 33.6 Å². The number of hydrogen-bond donors (Lipinski definition) is 2. The van der Waals surface area contributed by atoms with E-state index in [2.05, 4.69) is 29.0 Å². The first kappa shape index (κ1) is 39.6. The van der Waals surface area contributed by atoms with Crippen molar-refractivity contribution < 1.29 is 9.59 Å². The molecule has 0 aliphatic carbocycles. The summed E-state index contributed by atoms with van der Waals surface area (Å²) in [7, 11) is 2.05. The lowest BCUT2D eigenvalue weighted by molar-refractivity contribution is 0.0945. The normalized spacial score (nSPS) is 11.5. The van der Waals surface area contributed by atoms with E-state index in [9.17, 15) is 9.59 Å². The standard InChI is InChI=1S/C43H69N3O2/c1-4-6-8-10-12-14-16-18-20-22-24-26-32-44-42(47)36-28-30-40-38(34-36)39-35-37(29-31-41(39)46(40)3)43(48)45-33-27-25-23-21-19-17-15-13-11-9-7-5-2/h28-31,34-35H,4-27,32-33H2,1-3H3,(H,44,47)(H,45,48). The minimum absolute atomic E-state index is 0.0201. The van der Waals surface area contributed by atoms with Gasteiger partial charge in [0.1, 0.15) is 0 Å². The number of aryl methyl sites for hydroxylation is 1. The maximum Gasteiger partial charge on any atom is 0.251 e. The third-order valence-corrected chi connectivity index (χ3v) is 10.2. The Labute approximate surface area is 293 Å². The second-order valence-electron chi connectivity index (χ2n) is 14.3. The molecule has 1 aromatic heterocycles. The van der Waals surface area contributed by atoms with Crippen LogP contribution in [0.5, 0.6) is 0 Å². The minimum Gasteiger partial charge on any atom is -0.352 e. The molecular formula is C43H69N3O2. The van der Waals surface area contributed by atoms with Gasteiger partial charge in [-0.25, -0.2) is 0 Å². The van der Waals surface area contributed by atoms with Gasteiger partial charge < -0.3 is 15.2 Å². The number of unbranched alkanes of at least 4 members (excludes halogenated alkanes) is 22. The fourth-order valence-electron chi connectivity index (χ4n) is 7.04. The van der Waals surface area contributed by atoms with E-state index < -0.39 is 0 Å². The Balaban J connectivity index is 1.36. The number of carbonyl (C=O) groups is 2. The van der Waals surface area contributed by atoms with E-state index in [0.717, 1.165) is 34.6 Å². The highest BCUT2D eigenvalue weighted by molar-refractivity contribution is 6.12. The van der Waals surface area contributed by atoms with Crippen molar-refractivity contribution in [3.05, 3.63) is 47.5 Å². The highest BCUT2D eigenvalue weighted by atomic mass is 16.2. The number of amides is 2. The molecule has 0 aliphatic heterocycles. The van der Waals surface area contributed by atoms with Crippen LogP contribution in [0.4, 0.5) is 0 Å². The molecule has 1 heterocycles. The van der Waals surface area contributed by atoms with Crippen molar-refractivity contribution in [2.24, 2.45) is 7.05 Å². The molecule has 0 saturated carbocycles. The van der Waals surface area contributed by atoms with Crippen molar-refractivity contribution in [2.75, 3.05) is 13.1 Å². The van der Waals surface area contributed by atoms with Crippen LogP contribution < -0.4 is 10.6 Å². The maximum atomic E-state index is 13.0. The number of hydrogen-bond acceptors (Lipinski definition) is 2. The first-order valence-electron chi connectivity index (χ1n) is 20.2. The van der Waals surface area contributed by atoms with E-state index in [1.165, 1.54) is 141 Å². The molecule has 0 bridgehead atoms. The van der Waals surface area contributed by atoms with Crippen molar-refractivity contribution in [1.29, 1.82) is 0 Å². The lowest BCUT2D eigenvalue weighted by atomic mass is 10.0. The Morgan fingerprint density at radius 3 is 1.06 bits per heavy atom. The van der Waals surface area contributed by atoms with Crippen LogP contribution in [0.25, 0.3) is 21.8 Å². The van der Waals surface area contributed by atoms with Gasteiger partial charge in [0.05, 0.1) is 0 Å². The largest absolute Gasteiger partial charge is 0.352 e. The lowest BCUT2D eigenvalue weighted by Crippen LogP contribution is -2.24.